The van der Waals surface area contributed by atoms with Crippen LogP contribution in [0.4, 0.5) is 11.8 Å². The van der Waals surface area contributed by atoms with Crippen molar-refractivity contribution in [1.29, 1.82) is 0 Å². The van der Waals surface area contributed by atoms with Gasteiger partial charge in [0.05, 0.1) is 5.69 Å². The first-order valence-electron chi connectivity index (χ1n) is 9.43. The van der Waals surface area contributed by atoms with Crippen molar-refractivity contribution >= 4 is 33.6 Å². The number of rotatable bonds is 7. The average molecular weight is 454 g/mol. The Morgan fingerprint density at radius 1 is 1.07 bits per heavy atom. The maximum absolute atomic E-state index is 12.1. The average Bonchev–Trinajstić information content (AvgIpc) is 2.69. The van der Waals surface area contributed by atoms with E-state index in [1.54, 1.807) is 12.1 Å². The Morgan fingerprint density at radius 3 is 2.66 bits per heavy atom. The first-order valence-corrected chi connectivity index (χ1v) is 10.2. The van der Waals surface area contributed by atoms with Crippen LogP contribution in [0.5, 0.6) is 0 Å². The van der Waals surface area contributed by atoms with E-state index in [1.807, 2.05) is 30.3 Å². The largest absolute Gasteiger partial charge is 0.370 e. The summed E-state index contributed by atoms with van der Waals surface area (Å²) in [6.07, 6.45) is 0.752. The number of carbonyl (C=O) groups excluding carboxylic acids is 1. The van der Waals surface area contributed by atoms with Crippen LogP contribution in [0.25, 0.3) is 11.3 Å². The highest BCUT2D eigenvalue weighted by molar-refractivity contribution is 9.10. The molecule has 2 aromatic carbocycles. The van der Waals surface area contributed by atoms with Crippen molar-refractivity contribution in [2.24, 2.45) is 0 Å². The third-order valence-corrected chi connectivity index (χ3v) is 5.15. The number of hydrogen-bond donors (Lipinski definition) is 3. The number of hydrogen-bond acceptors (Lipinski definition) is 5. The van der Waals surface area contributed by atoms with Crippen LogP contribution in [-0.4, -0.2) is 29.0 Å². The van der Waals surface area contributed by atoms with Gasteiger partial charge in [-0.2, -0.15) is 4.98 Å². The van der Waals surface area contributed by atoms with Crippen molar-refractivity contribution in [2.45, 2.75) is 20.3 Å². The number of nitrogens with two attached hydrogens (primary N) is 1. The molecule has 0 unspecified atom stereocenters. The van der Waals surface area contributed by atoms with E-state index in [2.05, 4.69) is 56.4 Å². The zero-order valence-corrected chi connectivity index (χ0v) is 18.1. The topological polar surface area (TPSA) is 92.9 Å². The quantitative estimate of drug-likeness (QED) is 0.462. The van der Waals surface area contributed by atoms with Crippen LogP contribution in [0.15, 0.2) is 53.0 Å². The number of halogens is 1. The minimum Gasteiger partial charge on any atom is -0.370 e. The summed E-state index contributed by atoms with van der Waals surface area (Å²) >= 11 is 3.37. The van der Waals surface area contributed by atoms with E-state index in [0.717, 1.165) is 22.2 Å². The molecule has 0 spiro atoms. The number of aryl methyl sites for hydroxylation is 1. The fraction of sp³-hybridized carbons (Fsp3) is 0.227. The van der Waals surface area contributed by atoms with Crippen LogP contribution in [0, 0.1) is 13.8 Å². The number of aromatic nitrogens is 2. The number of nitrogens with one attached hydrogen (secondary N) is 2. The number of amides is 1. The van der Waals surface area contributed by atoms with Gasteiger partial charge in [0.15, 0.2) is 0 Å². The zero-order valence-electron chi connectivity index (χ0n) is 16.5. The highest BCUT2D eigenvalue weighted by Gasteiger charge is 2.09. The Labute approximate surface area is 179 Å². The fourth-order valence-electron chi connectivity index (χ4n) is 2.96. The van der Waals surface area contributed by atoms with E-state index in [0.29, 0.717) is 24.5 Å². The number of benzene rings is 2. The second-order valence-corrected chi connectivity index (χ2v) is 7.71. The Hall–Kier alpha value is -2.93. The van der Waals surface area contributed by atoms with Gasteiger partial charge in [0, 0.05) is 34.8 Å². The summed E-state index contributed by atoms with van der Waals surface area (Å²) < 4.78 is 0.882. The van der Waals surface area contributed by atoms with Gasteiger partial charge in [-0.1, -0.05) is 40.2 Å². The maximum atomic E-state index is 12.1. The van der Waals surface area contributed by atoms with Gasteiger partial charge in [-0.15, -0.1) is 0 Å². The number of anilines is 2. The van der Waals surface area contributed by atoms with Crippen LogP contribution in [0.2, 0.25) is 0 Å². The summed E-state index contributed by atoms with van der Waals surface area (Å²) in [5, 5.41) is 6.18. The van der Waals surface area contributed by atoms with E-state index in [1.165, 1.54) is 11.1 Å². The first kappa shape index (κ1) is 20.8. The van der Waals surface area contributed by atoms with Crippen LogP contribution in [-0.2, 0) is 0 Å². The van der Waals surface area contributed by atoms with Crippen molar-refractivity contribution in [3.05, 3.63) is 69.7 Å². The number of carbonyl (C=O) groups is 1. The van der Waals surface area contributed by atoms with Gasteiger partial charge < -0.3 is 16.4 Å². The van der Waals surface area contributed by atoms with E-state index in [-0.39, 0.29) is 11.9 Å². The Bertz CT molecular complexity index is 1020. The lowest BCUT2D eigenvalue weighted by molar-refractivity contribution is 0.0953. The third kappa shape index (κ3) is 5.54. The molecule has 150 valence electrons. The molecule has 29 heavy (non-hydrogen) atoms. The summed E-state index contributed by atoms with van der Waals surface area (Å²) in [4.78, 5) is 20.8. The van der Waals surface area contributed by atoms with Crippen molar-refractivity contribution in [2.75, 3.05) is 24.1 Å². The molecule has 3 aromatic rings. The Kier molecular flexibility index (Phi) is 6.82. The zero-order chi connectivity index (χ0) is 20.8. The van der Waals surface area contributed by atoms with Crippen molar-refractivity contribution in [3.63, 3.8) is 0 Å². The molecule has 0 radical (unpaired) electrons. The standard InChI is InChI=1S/C22H24BrN5O/c1-14-6-3-9-18(15(14)2)19-13-20(28-22(24)27-19)25-10-5-11-26-21(29)16-7-4-8-17(23)12-16/h3-4,6-9,12-13H,5,10-11H2,1-2H3,(H,26,29)(H3,24,25,27,28). The van der Waals surface area contributed by atoms with E-state index >= 15 is 0 Å². The fourth-order valence-corrected chi connectivity index (χ4v) is 3.36. The van der Waals surface area contributed by atoms with E-state index < -0.39 is 0 Å². The summed E-state index contributed by atoms with van der Waals surface area (Å²) in [6, 6.07) is 15.3. The highest BCUT2D eigenvalue weighted by atomic mass is 79.9. The molecule has 0 aliphatic rings. The van der Waals surface area contributed by atoms with Gasteiger partial charge >= 0.3 is 0 Å². The maximum Gasteiger partial charge on any atom is 0.251 e. The lowest BCUT2D eigenvalue weighted by Gasteiger charge is -2.11. The minimum atomic E-state index is -0.0882. The molecule has 1 aromatic heterocycles. The number of nitrogen functional groups attached to an aromatic ring is 1. The molecule has 0 fully saturated rings. The Balaban J connectivity index is 1.55. The third-order valence-electron chi connectivity index (χ3n) is 4.66. The minimum absolute atomic E-state index is 0.0882. The predicted octanol–water partition coefficient (Wildman–Crippen LogP) is 4.34. The van der Waals surface area contributed by atoms with Gasteiger partial charge in [-0.05, 0) is 49.6 Å². The molecule has 0 aliphatic heterocycles. The van der Waals surface area contributed by atoms with Gasteiger partial charge in [-0.3, -0.25) is 4.79 Å². The second-order valence-electron chi connectivity index (χ2n) is 6.79. The van der Waals surface area contributed by atoms with Crippen molar-refractivity contribution < 1.29 is 4.79 Å². The molecule has 0 atom stereocenters. The van der Waals surface area contributed by atoms with Crippen LogP contribution in [0.3, 0.4) is 0 Å². The van der Waals surface area contributed by atoms with Crippen LogP contribution >= 0.6 is 15.9 Å². The van der Waals surface area contributed by atoms with Gasteiger partial charge in [0.1, 0.15) is 5.82 Å². The monoisotopic (exact) mass is 453 g/mol. The molecule has 4 N–H and O–H groups in total. The SMILES string of the molecule is Cc1cccc(-c2cc(NCCCNC(=O)c3cccc(Br)c3)nc(N)n2)c1C. The smallest absolute Gasteiger partial charge is 0.251 e. The molecule has 0 bridgehead atoms. The van der Waals surface area contributed by atoms with E-state index in [4.69, 9.17) is 5.73 Å². The first-order chi connectivity index (χ1) is 13.9. The van der Waals surface area contributed by atoms with Crippen molar-refractivity contribution in [3.8, 4) is 11.3 Å². The van der Waals surface area contributed by atoms with Crippen molar-refractivity contribution in [1.82, 2.24) is 15.3 Å². The molecular formula is C22H24BrN5O. The van der Waals surface area contributed by atoms with Gasteiger partial charge in [-0.25, -0.2) is 4.98 Å². The summed E-state index contributed by atoms with van der Waals surface area (Å²) in [5.74, 6) is 0.815. The molecule has 0 saturated heterocycles. The highest BCUT2D eigenvalue weighted by Crippen LogP contribution is 2.26. The molecular weight excluding hydrogens is 430 g/mol. The summed E-state index contributed by atoms with van der Waals surface area (Å²) in [7, 11) is 0. The number of nitrogens with zero attached hydrogens (tertiary/aromatic N) is 2. The lowest BCUT2D eigenvalue weighted by Crippen LogP contribution is -2.25. The second kappa shape index (κ2) is 9.52. The van der Waals surface area contributed by atoms with Crippen LogP contribution in [0.1, 0.15) is 27.9 Å². The van der Waals surface area contributed by atoms with E-state index in [9.17, 15) is 4.79 Å². The summed E-state index contributed by atoms with van der Waals surface area (Å²) in [5.41, 5.74) is 10.8. The molecule has 1 heterocycles. The lowest BCUT2D eigenvalue weighted by atomic mass is 10.0. The normalized spacial score (nSPS) is 10.6. The molecule has 1 amide bonds. The Morgan fingerprint density at radius 2 is 1.86 bits per heavy atom. The molecule has 6 nitrogen and oxygen atoms in total. The molecule has 0 aliphatic carbocycles. The molecule has 7 heteroatoms. The van der Waals surface area contributed by atoms with Crippen LogP contribution < -0.4 is 16.4 Å². The predicted molar refractivity (Wildman–Crippen MR) is 121 cm³/mol. The van der Waals surface area contributed by atoms with Gasteiger partial charge in [0.2, 0.25) is 5.95 Å². The molecule has 3 rings (SSSR count). The van der Waals surface area contributed by atoms with Gasteiger partial charge in [0.25, 0.3) is 5.91 Å². The summed E-state index contributed by atoms with van der Waals surface area (Å²) in [6.45, 7) is 5.36. The molecule has 0 saturated carbocycles.